The Kier molecular flexibility index (Phi) is 4.58. The van der Waals surface area contributed by atoms with Crippen molar-refractivity contribution in [1.29, 1.82) is 0 Å². The molecule has 0 aromatic heterocycles. The Morgan fingerprint density at radius 3 is 2.40 bits per heavy atom. The summed E-state index contributed by atoms with van der Waals surface area (Å²) in [6, 6.07) is 0. The number of fused-ring (bicyclic) bond motifs is 5. The molecule has 4 aliphatic carbocycles. The van der Waals surface area contributed by atoms with Crippen LogP contribution in [0.1, 0.15) is 78.6 Å². The highest BCUT2D eigenvalue weighted by molar-refractivity contribution is 5.79. The van der Waals surface area contributed by atoms with Gasteiger partial charge in [0.2, 0.25) is 0 Å². The van der Waals surface area contributed by atoms with E-state index in [0.29, 0.717) is 22.5 Å². The van der Waals surface area contributed by atoms with Crippen LogP contribution in [0.4, 0.5) is 0 Å². The molecule has 4 saturated carbocycles. The minimum atomic E-state index is 0.309. The average Bonchev–Trinajstić information content (AvgIpc) is 2.93. The van der Waals surface area contributed by atoms with Crippen molar-refractivity contribution in [2.24, 2.45) is 46.3 Å². The van der Waals surface area contributed by atoms with Crippen molar-refractivity contribution in [2.75, 3.05) is 13.7 Å². The lowest BCUT2D eigenvalue weighted by Gasteiger charge is -2.61. The molecule has 0 amide bonds. The van der Waals surface area contributed by atoms with Crippen molar-refractivity contribution in [2.45, 2.75) is 78.6 Å². The summed E-state index contributed by atoms with van der Waals surface area (Å²) in [7, 11) is 1.86. The summed E-state index contributed by atoms with van der Waals surface area (Å²) in [6.45, 7) is 7.91. The van der Waals surface area contributed by atoms with Gasteiger partial charge in [0.1, 0.15) is 5.78 Å². The van der Waals surface area contributed by atoms with E-state index < -0.39 is 0 Å². The second kappa shape index (κ2) is 6.36. The summed E-state index contributed by atoms with van der Waals surface area (Å²) in [5, 5.41) is 0. The van der Waals surface area contributed by atoms with E-state index in [-0.39, 0.29) is 0 Å². The number of Topliss-reactive ketones (excluding diaryl/α,β-unsaturated/α-hetero) is 1. The predicted molar refractivity (Wildman–Crippen MR) is 101 cm³/mol. The molecule has 8 atom stereocenters. The van der Waals surface area contributed by atoms with Gasteiger partial charge in [-0.25, -0.2) is 0 Å². The van der Waals surface area contributed by atoms with E-state index in [2.05, 4.69) is 13.8 Å². The predicted octanol–water partition coefficient (Wildman–Crippen LogP) is 5.50. The number of methoxy groups -OCH3 is 1. The summed E-state index contributed by atoms with van der Waals surface area (Å²) in [5.41, 5.74) is 0.867. The molecule has 4 fully saturated rings. The second-order valence-electron chi connectivity index (χ2n) is 10.5. The van der Waals surface area contributed by atoms with Crippen LogP contribution in [0.15, 0.2) is 0 Å². The Balaban J connectivity index is 1.55. The molecular formula is C23H38O2. The molecule has 2 nitrogen and oxygen atoms in total. The number of ketones is 1. The lowest BCUT2D eigenvalue weighted by Crippen LogP contribution is -2.54. The lowest BCUT2D eigenvalue weighted by atomic mass is 9.44. The molecule has 4 aliphatic rings. The third kappa shape index (κ3) is 2.65. The molecule has 0 aliphatic heterocycles. The maximum absolute atomic E-state index is 12.2. The van der Waals surface area contributed by atoms with E-state index >= 15 is 0 Å². The molecule has 25 heavy (non-hydrogen) atoms. The monoisotopic (exact) mass is 346 g/mol. The summed E-state index contributed by atoms with van der Waals surface area (Å²) in [5.74, 6) is 5.14. The normalized spacial score (nSPS) is 52.2. The summed E-state index contributed by atoms with van der Waals surface area (Å²) in [4.78, 5) is 12.2. The second-order valence-corrected chi connectivity index (χ2v) is 10.5. The molecule has 0 N–H and O–H groups in total. The van der Waals surface area contributed by atoms with Crippen molar-refractivity contribution in [1.82, 2.24) is 0 Å². The van der Waals surface area contributed by atoms with Gasteiger partial charge in [-0.3, -0.25) is 4.79 Å². The Labute approximate surface area is 154 Å². The Morgan fingerprint density at radius 2 is 1.68 bits per heavy atom. The third-order valence-electron chi connectivity index (χ3n) is 9.67. The topological polar surface area (TPSA) is 26.3 Å². The zero-order valence-corrected chi connectivity index (χ0v) is 16.9. The summed E-state index contributed by atoms with van der Waals surface area (Å²) < 4.78 is 5.47. The van der Waals surface area contributed by atoms with Gasteiger partial charge in [0.05, 0.1) is 0 Å². The van der Waals surface area contributed by atoms with E-state index in [1.807, 2.05) is 14.0 Å². The molecule has 4 unspecified atom stereocenters. The quantitative estimate of drug-likeness (QED) is 0.675. The van der Waals surface area contributed by atoms with Crippen molar-refractivity contribution < 1.29 is 9.53 Å². The molecule has 0 aromatic rings. The van der Waals surface area contributed by atoms with E-state index in [9.17, 15) is 4.79 Å². The lowest BCUT2D eigenvalue weighted by molar-refractivity contribution is -0.136. The smallest absolute Gasteiger partial charge is 0.133 e. The highest BCUT2D eigenvalue weighted by Crippen LogP contribution is 2.67. The van der Waals surface area contributed by atoms with Gasteiger partial charge in [-0.15, -0.1) is 0 Å². The molecule has 0 aromatic carbocycles. The van der Waals surface area contributed by atoms with Crippen LogP contribution in [0, 0.1) is 46.3 Å². The number of hydrogen-bond acceptors (Lipinski definition) is 2. The van der Waals surface area contributed by atoms with Gasteiger partial charge in [-0.05, 0) is 105 Å². The van der Waals surface area contributed by atoms with Gasteiger partial charge in [0, 0.05) is 19.6 Å². The molecule has 0 heterocycles. The van der Waals surface area contributed by atoms with E-state index in [1.165, 1.54) is 51.4 Å². The molecule has 0 bridgehead atoms. The highest BCUT2D eigenvalue weighted by Gasteiger charge is 2.60. The third-order valence-corrected chi connectivity index (χ3v) is 9.67. The number of ether oxygens (including phenoxy) is 1. The molecular weight excluding hydrogens is 308 g/mol. The number of carbonyl (C=O) groups is 1. The molecule has 0 saturated heterocycles. The van der Waals surface area contributed by atoms with Gasteiger partial charge in [0.15, 0.2) is 0 Å². The van der Waals surface area contributed by atoms with E-state index in [4.69, 9.17) is 4.74 Å². The van der Waals surface area contributed by atoms with Crippen LogP contribution in [-0.4, -0.2) is 19.5 Å². The van der Waals surface area contributed by atoms with Crippen LogP contribution in [0.25, 0.3) is 0 Å². The summed E-state index contributed by atoms with van der Waals surface area (Å²) >= 11 is 0. The van der Waals surface area contributed by atoms with E-state index in [1.54, 1.807) is 0 Å². The fraction of sp³-hybridized carbons (Fsp3) is 0.957. The standard InChI is InChI=1S/C23H38O2/c1-15(24)19-7-8-20-18-6-5-17-13-16(14-25-4)9-11-22(17,2)21(18)10-12-23(19,20)3/h16-21H,5-14H2,1-4H3/t16?,17-,18?,19+,20?,21?,22-,23+/m0/s1. The Morgan fingerprint density at radius 1 is 0.960 bits per heavy atom. The van der Waals surface area contributed by atoms with Crippen molar-refractivity contribution in [3.63, 3.8) is 0 Å². The number of hydrogen-bond donors (Lipinski definition) is 0. The minimum Gasteiger partial charge on any atom is -0.384 e. The molecule has 142 valence electrons. The number of carbonyl (C=O) groups excluding carboxylic acids is 1. The fourth-order valence-corrected chi connectivity index (χ4v) is 8.40. The SMILES string of the molecule is COCC1CC[C@]2(C)C3CC[C@@]4(C)C(CC[C@@H]4C(C)=O)C3CC[C@H]2C1. The van der Waals surface area contributed by atoms with Crippen LogP contribution in [-0.2, 0) is 9.53 Å². The first-order valence-corrected chi connectivity index (χ1v) is 10.9. The minimum absolute atomic E-state index is 0.309. The first kappa shape index (κ1) is 18.0. The average molecular weight is 347 g/mol. The first-order chi connectivity index (χ1) is 11.9. The summed E-state index contributed by atoms with van der Waals surface area (Å²) in [6.07, 6.45) is 12.2. The van der Waals surface area contributed by atoms with Crippen LogP contribution in [0.5, 0.6) is 0 Å². The number of rotatable bonds is 3. The van der Waals surface area contributed by atoms with Gasteiger partial charge in [-0.2, -0.15) is 0 Å². The van der Waals surface area contributed by atoms with Crippen LogP contribution >= 0.6 is 0 Å². The molecule has 2 heteroatoms. The molecule has 0 spiro atoms. The zero-order chi connectivity index (χ0) is 17.8. The largest absolute Gasteiger partial charge is 0.384 e. The van der Waals surface area contributed by atoms with Gasteiger partial charge < -0.3 is 4.74 Å². The van der Waals surface area contributed by atoms with Crippen LogP contribution in [0.3, 0.4) is 0 Å². The fourth-order valence-electron chi connectivity index (χ4n) is 8.40. The van der Waals surface area contributed by atoms with Gasteiger partial charge in [-0.1, -0.05) is 13.8 Å². The Hall–Kier alpha value is -0.370. The van der Waals surface area contributed by atoms with Gasteiger partial charge in [0.25, 0.3) is 0 Å². The molecule has 4 rings (SSSR count). The maximum Gasteiger partial charge on any atom is 0.133 e. The zero-order valence-electron chi connectivity index (χ0n) is 16.9. The van der Waals surface area contributed by atoms with Crippen molar-refractivity contribution in [3.8, 4) is 0 Å². The van der Waals surface area contributed by atoms with Crippen molar-refractivity contribution in [3.05, 3.63) is 0 Å². The first-order valence-electron chi connectivity index (χ1n) is 10.9. The van der Waals surface area contributed by atoms with Crippen molar-refractivity contribution >= 4 is 5.78 Å². The van der Waals surface area contributed by atoms with Crippen LogP contribution < -0.4 is 0 Å². The maximum atomic E-state index is 12.2. The highest BCUT2D eigenvalue weighted by atomic mass is 16.5. The van der Waals surface area contributed by atoms with E-state index in [0.717, 1.165) is 42.6 Å². The van der Waals surface area contributed by atoms with Gasteiger partial charge >= 0.3 is 0 Å². The van der Waals surface area contributed by atoms with Crippen LogP contribution in [0.2, 0.25) is 0 Å². The molecule has 0 radical (unpaired) electrons. The Bertz CT molecular complexity index is 528.